The first-order chi connectivity index (χ1) is 7.79. The fraction of sp³-hybridized carbons (Fsp3) is 0.786. The van der Waals surface area contributed by atoms with E-state index in [1.54, 1.807) is 14.0 Å². The summed E-state index contributed by atoms with van der Waals surface area (Å²) in [5.41, 5.74) is -0.0221. The maximum absolute atomic E-state index is 11.1. The van der Waals surface area contributed by atoms with Crippen LogP contribution < -0.4 is 0 Å². The van der Waals surface area contributed by atoms with Gasteiger partial charge in [-0.3, -0.25) is 4.79 Å². The van der Waals surface area contributed by atoms with Crippen molar-refractivity contribution in [2.24, 2.45) is 5.41 Å². The first kappa shape index (κ1) is 14.2. The summed E-state index contributed by atoms with van der Waals surface area (Å²) in [6, 6.07) is 0. The highest BCUT2D eigenvalue weighted by atomic mass is 16.7. The molecule has 0 aromatic carbocycles. The van der Waals surface area contributed by atoms with Crippen molar-refractivity contribution in [1.82, 2.24) is 0 Å². The molecule has 0 spiro atoms. The average Bonchev–Trinajstić information content (AvgIpc) is 2.33. The van der Waals surface area contributed by atoms with E-state index in [-0.39, 0.29) is 11.2 Å². The number of rotatable bonds is 3. The Kier molecular flexibility index (Phi) is 4.36. The van der Waals surface area contributed by atoms with Gasteiger partial charge in [0, 0.05) is 32.3 Å². The molecule has 0 N–H and O–H groups in total. The molecule has 1 aliphatic heterocycles. The minimum atomic E-state index is -0.559. The highest BCUT2D eigenvalue weighted by molar-refractivity contribution is 5.77. The van der Waals surface area contributed by atoms with Gasteiger partial charge in [-0.25, -0.2) is 0 Å². The number of ether oxygens (including phenoxy) is 2. The largest absolute Gasteiger partial charge is 0.467 e. The SMILES string of the molecule is COC1(C)CCCC(C)(C)/C(=C/CC(C)=O)O1. The quantitative estimate of drug-likeness (QED) is 0.758. The molecular weight excluding hydrogens is 216 g/mol. The van der Waals surface area contributed by atoms with Crippen molar-refractivity contribution in [1.29, 1.82) is 0 Å². The number of carbonyl (C=O) groups is 1. The molecule has 0 amide bonds. The maximum atomic E-state index is 11.1. The first-order valence-electron chi connectivity index (χ1n) is 6.23. The van der Waals surface area contributed by atoms with Gasteiger partial charge in [0.05, 0.1) is 0 Å². The molecule has 3 nitrogen and oxygen atoms in total. The summed E-state index contributed by atoms with van der Waals surface area (Å²) in [4.78, 5) is 11.1. The van der Waals surface area contributed by atoms with Gasteiger partial charge >= 0.3 is 0 Å². The summed E-state index contributed by atoms with van der Waals surface area (Å²) in [5, 5.41) is 0. The highest BCUT2D eigenvalue weighted by Gasteiger charge is 2.36. The predicted molar refractivity (Wildman–Crippen MR) is 67.5 cm³/mol. The van der Waals surface area contributed by atoms with E-state index in [1.807, 2.05) is 13.0 Å². The zero-order chi connectivity index (χ0) is 13.1. The molecule has 0 aromatic rings. The van der Waals surface area contributed by atoms with E-state index in [4.69, 9.17) is 9.47 Å². The van der Waals surface area contributed by atoms with Gasteiger partial charge in [-0.2, -0.15) is 0 Å². The Labute approximate surface area is 104 Å². The minimum absolute atomic E-state index is 0.0221. The Balaban J connectivity index is 2.93. The van der Waals surface area contributed by atoms with Crippen molar-refractivity contribution in [3.63, 3.8) is 0 Å². The number of carbonyl (C=O) groups excluding carboxylic acids is 1. The van der Waals surface area contributed by atoms with Crippen molar-refractivity contribution in [3.8, 4) is 0 Å². The molecule has 1 rings (SSSR count). The Morgan fingerprint density at radius 1 is 1.41 bits per heavy atom. The third-order valence-corrected chi connectivity index (χ3v) is 3.43. The van der Waals surface area contributed by atoms with Crippen molar-refractivity contribution in [3.05, 3.63) is 11.8 Å². The molecule has 1 aliphatic rings. The van der Waals surface area contributed by atoms with Gasteiger partial charge in [-0.1, -0.05) is 13.8 Å². The molecular formula is C14H24O3. The molecule has 0 radical (unpaired) electrons. The van der Waals surface area contributed by atoms with E-state index in [9.17, 15) is 4.79 Å². The lowest BCUT2D eigenvalue weighted by molar-refractivity contribution is -0.191. The summed E-state index contributed by atoms with van der Waals surface area (Å²) < 4.78 is 11.4. The van der Waals surface area contributed by atoms with Crippen LogP contribution in [0.5, 0.6) is 0 Å². The average molecular weight is 240 g/mol. The molecule has 0 saturated carbocycles. The first-order valence-corrected chi connectivity index (χ1v) is 6.23. The van der Waals surface area contributed by atoms with Crippen LogP contribution in [0.2, 0.25) is 0 Å². The van der Waals surface area contributed by atoms with Gasteiger partial charge < -0.3 is 9.47 Å². The third-order valence-electron chi connectivity index (χ3n) is 3.43. The molecule has 1 atom stereocenters. The van der Waals surface area contributed by atoms with E-state index in [0.29, 0.717) is 6.42 Å². The lowest BCUT2D eigenvalue weighted by atomic mass is 9.85. The molecule has 1 fully saturated rings. The van der Waals surface area contributed by atoms with E-state index in [2.05, 4.69) is 13.8 Å². The van der Waals surface area contributed by atoms with Crippen LogP contribution in [0.25, 0.3) is 0 Å². The molecule has 3 heteroatoms. The Hall–Kier alpha value is -0.830. The van der Waals surface area contributed by atoms with Crippen molar-refractivity contribution in [2.75, 3.05) is 7.11 Å². The number of Topliss-reactive ketones (excluding diaryl/α,β-unsaturated/α-hetero) is 1. The highest BCUT2D eigenvalue weighted by Crippen LogP contribution is 2.41. The molecule has 1 saturated heterocycles. The van der Waals surface area contributed by atoms with Gasteiger partial charge in [0.2, 0.25) is 5.79 Å². The van der Waals surface area contributed by atoms with E-state index >= 15 is 0 Å². The van der Waals surface area contributed by atoms with Crippen LogP contribution in [0.3, 0.4) is 0 Å². The number of hydrogen-bond donors (Lipinski definition) is 0. The second-order valence-corrected chi connectivity index (χ2v) is 5.65. The Morgan fingerprint density at radius 2 is 2.06 bits per heavy atom. The normalized spacial score (nSPS) is 30.8. The summed E-state index contributed by atoms with van der Waals surface area (Å²) in [5.74, 6) is 0.478. The summed E-state index contributed by atoms with van der Waals surface area (Å²) in [6.07, 6.45) is 5.33. The summed E-state index contributed by atoms with van der Waals surface area (Å²) in [7, 11) is 1.67. The van der Waals surface area contributed by atoms with Crippen LogP contribution in [0.1, 0.15) is 53.4 Å². The van der Waals surface area contributed by atoms with E-state index in [1.165, 1.54) is 0 Å². The monoisotopic (exact) mass is 240 g/mol. The zero-order valence-electron chi connectivity index (χ0n) is 11.6. The maximum Gasteiger partial charge on any atom is 0.206 e. The molecule has 17 heavy (non-hydrogen) atoms. The van der Waals surface area contributed by atoms with E-state index < -0.39 is 5.79 Å². The lowest BCUT2D eigenvalue weighted by Gasteiger charge is -2.32. The number of hydrogen-bond acceptors (Lipinski definition) is 3. The molecule has 0 aliphatic carbocycles. The van der Waals surface area contributed by atoms with Crippen LogP contribution in [-0.2, 0) is 14.3 Å². The summed E-state index contributed by atoms with van der Waals surface area (Å²) >= 11 is 0. The number of allylic oxidation sites excluding steroid dienone is 2. The lowest BCUT2D eigenvalue weighted by Crippen LogP contribution is -2.31. The number of ketones is 1. The fourth-order valence-electron chi connectivity index (χ4n) is 2.09. The molecule has 0 bridgehead atoms. The van der Waals surface area contributed by atoms with Crippen LogP contribution in [0.15, 0.2) is 11.8 Å². The minimum Gasteiger partial charge on any atom is -0.467 e. The Morgan fingerprint density at radius 3 is 2.59 bits per heavy atom. The predicted octanol–water partition coefficient (Wildman–Crippen LogP) is 3.44. The third kappa shape index (κ3) is 3.84. The second-order valence-electron chi connectivity index (χ2n) is 5.65. The van der Waals surface area contributed by atoms with Gasteiger partial charge in [-0.05, 0) is 25.8 Å². The van der Waals surface area contributed by atoms with Gasteiger partial charge in [-0.15, -0.1) is 0 Å². The van der Waals surface area contributed by atoms with E-state index in [0.717, 1.165) is 25.0 Å². The smallest absolute Gasteiger partial charge is 0.206 e. The zero-order valence-corrected chi connectivity index (χ0v) is 11.6. The second kappa shape index (κ2) is 5.21. The van der Waals surface area contributed by atoms with Crippen molar-refractivity contribution >= 4 is 5.78 Å². The van der Waals surface area contributed by atoms with Crippen LogP contribution in [0, 0.1) is 5.41 Å². The summed E-state index contributed by atoms with van der Waals surface area (Å²) in [6.45, 7) is 7.85. The molecule has 98 valence electrons. The van der Waals surface area contributed by atoms with Gasteiger partial charge in [0.25, 0.3) is 0 Å². The van der Waals surface area contributed by atoms with Crippen molar-refractivity contribution in [2.45, 2.75) is 59.2 Å². The van der Waals surface area contributed by atoms with Crippen LogP contribution in [0.4, 0.5) is 0 Å². The molecule has 1 heterocycles. The standard InChI is InChI=1S/C14H24O3/c1-11(15)7-8-12-13(2,3)9-6-10-14(4,16-5)17-12/h8H,6-7,9-10H2,1-5H3/b12-8-. The van der Waals surface area contributed by atoms with Gasteiger partial charge in [0.15, 0.2) is 0 Å². The molecule has 0 aromatic heterocycles. The Bertz CT molecular complexity index is 317. The van der Waals surface area contributed by atoms with Crippen LogP contribution >= 0.6 is 0 Å². The fourth-order valence-corrected chi connectivity index (χ4v) is 2.09. The topological polar surface area (TPSA) is 35.5 Å². The van der Waals surface area contributed by atoms with Crippen LogP contribution in [-0.4, -0.2) is 18.7 Å². The van der Waals surface area contributed by atoms with Gasteiger partial charge in [0.1, 0.15) is 11.5 Å². The van der Waals surface area contributed by atoms with Crippen molar-refractivity contribution < 1.29 is 14.3 Å². The number of methoxy groups -OCH3 is 1. The molecule has 1 unspecified atom stereocenters.